The van der Waals surface area contributed by atoms with Crippen LogP contribution in [-0.4, -0.2) is 33.6 Å². The molecule has 0 amide bonds. The maximum atomic E-state index is 10.6. The number of aromatic nitrogens is 2. The van der Waals surface area contributed by atoms with Crippen molar-refractivity contribution in [1.29, 1.82) is 0 Å². The molecular formula is C9H12N2O3. The van der Waals surface area contributed by atoms with Crippen molar-refractivity contribution >= 4 is 5.97 Å². The lowest BCUT2D eigenvalue weighted by Crippen LogP contribution is -2.15. The average molecular weight is 196 g/mol. The number of carbonyl (C=O) groups is 1. The zero-order valence-electron chi connectivity index (χ0n) is 7.72. The quantitative estimate of drug-likeness (QED) is 0.775. The van der Waals surface area contributed by atoms with Gasteiger partial charge in [0.1, 0.15) is 0 Å². The molecule has 1 N–H and O–H groups in total. The maximum Gasteiger partial charge on any atom is 0.338 e. The summed E-state index contributed by atoms with van der Waals surface area (Å²) in [7, 11) is 0. The van der Waals surface area contributed by atoms with Crippen molar-refractivity contribution < 1.29 is 14.6 Å². The first kappa shape index (κ1) is 9.21. The van der Waals surface area contributed by atoms with Gasteiger partial charge in [-0.2, -0.15) is 5.10 Å². The third-order valence-electron chi connectivity index (χ3n) is 2.29. The molecule has 0 aromatic carbocycles. The summed E-state index contributed by atoms with van der Waals surface area (Å²) in [5.41, 5.74) is 0.225. The first-order valence-corrected chi connectivity index (χ1v) is 4.63. The molecule has 1 aliphatic heterocycles. The number of nitrogens with zero attached hydrogens (tertiary/aromatic N) is 2. The summed E-state index contributed by atoms with van der Waals surface area (Å²) in [5.74, 6) is -0.941. The fraction of sp³-hybridized carbons (Fsp3) is 0.556. The van der Waals surface area contributed by atoms with Gasteiger partial charge in [-0.25, -0.2) is 4.79 Å². The smallest absolute Gasteiger partial charge is 0.338 e. The highest BCUT2D eigenvalue weighted by Gasteiger charge is 2.16. The van der Waals surface area contributed by atoms with Crippen LogP contribution >= 0.6 is 0 Å². The molecule has 2 rings (SSSR count). The molecule has 1 atom stereocenters. The fourth-order valence-electron chi connectivity index (χ4n) is 1.57. The molecule has 0 bridgehead atoms. The van der Waals surface area contributed by atoms with Gasteiger partial charge in [0, 0.05) is 12.8 Å². The second-order valence-corrected chi connectivity index (χ2v) is 3.39. The lowest BCUT2D eigenvalue weighted by Gasteiger charge is -2.08. The summed E-state index contributed by atoms with van der Waals surface area (Å²) >= 11 is 0. The van der Waals surface area contributed by atoms with Gasteiger partial charge in [0.05, 0.1) is 24.4 Å². The van der Waals surface area contributed by atoms with Crippen LogP contribution in [0.2, 0.25) is 0 Å². The number of carboxylic acid groups (broad SMARTS) is 1. The van der Waals surface area contributed by atoms with E-state index < -0.39 is 5.97 Å². The van der Waals surface area contributed by atoms with E-state index in [1.54, 1.807) is 4.68 Å². The SMILES string of the molecule is O=C(O)c1cnn(C[C@H]2CCCO2)c1. The Morgan fingerprint density at radius 1 is 1.79 bits per heavy atom. The Labute approximate surface area is 81.3 Å². The summed E-state index contributed by atoms with van der Waals surface area (Å²) in [6.07, 6.45) is 5.19. The van der Waals surface area contributed by atoms with Gasteiger partial charge in [-0.3, -0.25) is 4.68 Å². The van der Waals surface area contributed by atoms with Gasteiger partial charge < -0.3 is 9.84 Å². The van der Waals surface area contributed by atoms with Crippen molar-refractivity contribution in [3.05, 3.63) is 18.0 Å². The van der Waals surface area contributed by atoms with E-state index in [-0.39, 0.29) is 11.7 Å². The first-order valence-electron chi connectivity index (χ1n) is 4.63. The van der Waals surface area contributed by atoms with Crippen LogP contribution in [0.15, 0.2) is 12.4 Å². The van der Waals surface area contributed by atoms with Crippen molar-refractivity contribution in [2.45, 2.75) is 25.5 Å². The minimum atomic E-state index is -0.941. The summed E-state index contributed by atoms with van der Waals surface area (Å²) in [6, 6.07) is 0. The number of carboxylic acids is 1. The summed E-state index contributed by atoms with van der Waals surface area (Å²) in [6.45, 7) is 1.45. The Hall–Kier alpha value is -1.36. The van der Waals surface area contributed by atoms with Gasteiger partial charge in [-0.15, -0.1) is 0 Å². The molecule has 2 heterocycles. The Morgan fingerprint density at radius 2 is 2.64 bits per heavy atom. The van der Waals surface area contributed by atoms with E-state index in [9.17, 15) is 4.79 Å². The van der Waals surface area contributed by atoms with E-state index >= 15 is 0 Å². The van der Waals surface area contributed by atoms with E-state index in [0.29, 0.717) is 6.54 Å². The van der Waals surface area contributed by atoms with Crippen LogP contribution in [0, 0.1) is 0 Å². The molecule has 1 aromatic rings. The van der Waals surface area contributed by atoms with Gasteiger partial charge in [0.15, 0.2) is 0 Å². The van der Waals surface area contributed by atoms with Crippen LogP contribution in [0.3, 0.4) is 0 Å². The molecule has 5 nitrogen and oxygen atoms in total. The van der Waals surface area contributed by atoms with Gasteiger partial charge in [0.2, 0.25) is 0 Å². The molecule has 1 fully saturated rings. The predicted molar refractivity (Wildman–Crippen MR) is 48.2 cm³/mol. The number of hydrogen-bond donors (Lipinski definition) is 1. The van der Waals surface area contributed by atoms with Crippen LogP contribution in [0.5, 0.6) is 0 Å². The Bertz CT molecular complexity index is 329. The van der Waals surface area contributed by atoms with Crippen LogP contribution in [-0.2, 0) is 11.3 Å². The zero-order valence-corrected chi connectivity index (χ0v) is 7.72. The van der Waals surface area contributed by atoms with Crippen molar-refractivity contribution in [2.75, 3.05) is 6.61 Å². The molecule has 14 heavy (non-hydrogen) atoms. The van der Waals surface area contributed by atoms with Gasteiger partial charge in [0.25, 0.3) is 0 Å². The van der Waals surface area contributed by atoms with E-state index in [4.69, 9.17) is 9.84 Å². The summed E-state index contributed by atoms with van der Waals surface area (Å²) < 4.78 is 7.04. The molecule has 0 aliphatic carbocycles. The monoisotopic (exact) mass is 196 g/mol. The van der Waals surface area contributed by atoms with Crippen molar-refractivity contribution in [2.24, 2.45) is 0 Å². The number of hydrogen-bond acceptors (Lipinski definition) is 3. The standard InChI is InChI=1S/C9H12N2O3/c12-9(13)7-4-10-11(5-7)6-8-2-1-3-14-8/h4-5,8H,1-3,6H2,(H,12,13)/t8-/m1/s1. The number of rotatable bonds is 3. The largest absolute Gasteiger partial charge is 0.478 e. The third-order valence-corrected chi connectivity index (χ3v) is 2.29. The Morgan fingerprint density at radius 3 is 3.21 bits per heavy atom. The van der Waals surface area contributed by atoms with Crippen molar-refractivity contribution in [3.63, 3.8) is 0 Å². The summed E-state index contributed by atoms with van der Waals surface area (Å²) in [4.78, 5) is 10.6. The van der Waals surface area contributed by atoms with E-state index in [1.807, 2.05) is 0 Å². The van der Waals surface area contributed by atoms with E-state index in [1.165, 1.54) is 12.4 Å². The molecule has 0 radical (unpaired) electrons. The predicted octanol–water partition coefficient (Wildman–Crippen LogP) is 0.760. The van der Waals surface area contributed by atoms with E-state index in [2.05, 4.69) is 5.10 Å². The van der Waals surface area contributed by atoms with E-state index in [0.717, 1.165) is 19.4 Å². The topological polar surface area (TPSA) is 64.3 Å². The molecule has 0 unspecified atom stereocenters. The second-order valence-electron chi connectivity index (χ2n) is 3.39. The van der Waals surface area contributed by atoms with Gasteiger partial charge in [-0.05, 0) is 12.8 Å². The highest BCUT2D eigenvalue weighted by Crippen LogP contribution is 2.13. The van der Waals surface area contributed by atoms with Crippen LogP contribution in [0.1, 0.15) is 23.2 Å². The second kappa shape index (κ2) is 3.79. The molecule has 1 saturated heterocycles. The number of aromatic carboxylic acids is 1. The van der Waals surface area contributed by atoms with Crippen molar-refractivity contribution in [3.8, 4) is 0 Å². The highest BCUT2D eigenvalue weighted by molar-refractivity contribution is 5.86. The normalized spacial score (nSPS) is 21.3. The lowest BCUT2D eigenvalue weighted by atomic mass is 10.2. The third kappa shape index (κ3) is 1.93. The van der Waals surface area contributed by atoms with Gasteiger partial charge in [-0.1, -0.05) is 0 Å². The minimum Gasteiger partial charge on any atom is -0.478 e. The Balaban J connectivity index is 1.98. The summed E-state index contributed by atoms with van der Waals surface area (Å²) in [5, 5.41) is 12.6. The first-order chi connectivity index (χ1) is 6.75. The Kier molecular flexibility index (Phi) is 2.49. The van der Waals surface area contributed by atoms with Crippen LogP contribution in [0.25, 0.3) is 0 Å². The highest BCUT2D eigenvalue weighted by atomic mass is 16.5. The number of ether oxygens (including phenoxy) is 1. The molecule has 1 aromatic heterocycles. The molecule has 76 valence electrons. The molecule has 1 aliphatic rings. The van der Waals surface area contributed by atoms with Crippen LogP contribution in [0.4, 0.5) is 0 Å². The zero-order chi connectivity index (χ0) is 9.97. The lowest BCUT2D eigenvalue weighted by molar-refractivity contribution is 0.0695. The molecule has 0 saturated carbocycles. The average Bonchev–Trinajstić information content (AvgIpc) is 2.75. The molecular weight excluding hydrogens is 184 g/mol. The minimum absolute atomic E-state index is 0.191. The van der Waals surface area contributed by atoms with Crippen LogP contribution < -0.4 is 0 Å². The maximum absolute atomic E-state index is 10.6. The van der Waals surface area contributed by atoms with Gasteiger partial charge >= 0.3 is 5.97 Å². The molecule has 5 heteroatoms. The molecule has 0 spiro atoms. The van der Waals surface area contributed by atoms with Crippen molar-refractivity contribution in [1.82, 2.24) is 9.78 Å². The fourth-order valence-corrected chi connectivity index (χ4v) is 1.57.